The molecule has 2 aliphatic heterocycles. The number of methoxy groups -OCH3 is 1. The van der Waals surface area contributed by atoms with Gasteiger partial charge in [0.05, 0.1) is 31.8 Å². The molecule has 2 amide bonds. The molecule has 1 atom stereocenters. The fraction of sp³-hybridized carbons (Fsp3) is 0.588. The van der Waals surface area contributed by atoms with Crippen LogP contribution in [0.15, 0.2) is 22.8 Å². The third-order valence-corrected chi connectivity index (χ3v) is 4.83. The number of carbonyl (C=O) groups is 3. The summed E-state index contributed by atoms with van der Waals surface area (Å²) in [6.45, 7) is 1.91. The Kier molecular flexibility index (Phi) is 4.87. The number of carbonyl (C=O) groups excluding carboxylic acids is 3. The van der Waals surface area contributed by atoms with E-state index in [0.717, 1.165) is 5.76 Å². The lowest BCUT2D eigenvalue weighted by atomic mass is 9.95. The molecule has 0 saturated carbocycles. The lowest BCUT2D eigenvalue weighted by molar-refractivity contribution is -0.149. The van der Waals surface area contributed by atoms with Crippen molar-refractivity contribution < 1.29 is 23.5 Å². The molecule has 0 aromatic carbocycles. The van der Waals surface area contributed by atoms with Crippen molar-refractivity contribution in [2.24, 2.45) is 11.8 Å². The number of amides is 2. The van der Waals surface area contributed by atoms with Gasteiger partial charge in [-0.15, -0.1) is 0 Å². The molecular weight excluding hydrogens is 312 g/mol. The zero-order valence-electron chi connectivity index (χ0n) is 13.8. The smallest absolute Gasteiger partial charge is 0.308 e. The number of hydrogen-bond donors (Lipinski definition) is 0. The molecule has 1 aromatic rings. The standard InChI is InChI=1S/C17H22N2O5/c1-23-17(22)12-4-6-18(7-5-12)16(21)13-9-15(20)19(10-13)11-14-3-2-8-24-14/h2-3,8,12-13H,4-7,9-11H2,1H3. The van der Waals surface area contributed by atoms with Crippen molar-refractivity contribution in [1.29, 1.82) is 0 Å². The highest BCUT2D eigenvalue weighted by Gasteiger charge is 2.38. The zero-order valence-corrected chi connectivity index (χ0v) is 13.8. The number of nitrogens with zero attached hydrogens (tertiary/aromatic N) is 2. The first-order valence-corrected chi connectivity index (χ1v) is 8.25. The second kappa shape index (κ2) is 7.07. The van der Waals surface area contributed by atoms with Crippen LogP contribution in [0.2, 0.25) is 0 Å². The minimum absolute atomic E-state index is 0.00797. The number of likely N-dealkylation sites (tertiary alicyclic amines) is 2. The van der Waals surface area contributed by atoms with Gasteiger partial charge in [0.15, 0.2) is 0 Å². The van der Waals surface area contributed by atoms with E-state index in [1.807, 2.05) is 6.07 Å². The first-order valence-electron chi connectivity index (χ1n) is 8.25. The molecule has 0 aliphatic carbocycles. The van der Waals surface area contributed by atoms with Gasteiger partial charge >= 0.3 is 5.97 Å². The fourth-order valence-corrected chi connectivity index (χ4v) is 3.44. The van der Waals surface area contributed by atoms with Gasteiger partial charge in [-0.2, -0.15) is 0 Å². The maximum atomic E-state index is 12.6. The number of piperidine rings is 1. The van der Waals surface area contributed by atoms with E-state index in [-0.39, 0.29) is 36.0 Å². The summed E-state index contributed by atoms with van der Waals surface area (Å²) in [6, 6.07) is 3.60. The van der Waals surface area contributed by atoms with Crippen LogP contribution in [-0.4, -0.2) is 54.3 Å². The topological polar surface area (TPSA) is 80.1 Å². The molecule has 1 unspecified atom stereocenters. The number of furan rings is 1. The van der Waals surface area contributed by atoms with E-state index in [2.05, 4.69) is 0 Å². The molecule has 7 nitrogen and oxygen atoms in total. The van der Waals surface area contributed by atoms with Gasteiger partial charge in [0.2, 0.25) is 11.8 Å². The van der Waals surface area contributed by atoms with Crippen LogP contribution in [0.1, 0.15) is 25.0 Å². The summed E-state index contributed by atoms with van der Waals surface area (Å²) in [4.78, 5) is 39.8. The molecule has 0 N–H and O–H groups in total. The molecule has 130 valence electrons. The largest absolute Gasteiger partial charge is 0.469 e. The fourth-order valence-electron chi connectivity index (χ4n) is 3.44. The first kappa shape index (κ1) is 16.5. The maximum absolute atomic E-state index is 12.6. The van der Waals surface area contributed by atoms with Crippen molar-refractivity contribution >= 4 is 17.8 Å². The number of hydrogen-bond acceptors (Lipinski definition) is 5. The Morgan fingerprint density at radius 1 is 1.29 bits per heavy atom. The van der Waals surface area contributed by atoms with E-state index >= 15 is 0 Å². The normalized spacial score (nSPS) is 22.0. The second-order valence-electron chi connectivity index (χ2n) is 6.38. The van der Waals surface area contributed by atoms with Crippen LogP contribution in [0.3, 0.4) is 0 Å². The molecular formula is C17H22N2O5. The second-order valence-corrected chi connectivity index (χ2v) is 6.38. The summed E-state index contributed by atoms with van der Waals surface area (Å²) >= 11 is 0. The number of ether oxygens (including phenoxy) is 1. The molecule has 7 heteroatoms. The monoisotopic (exact) mass is 334 g/mol. The van der Waals surface area contributed by atoms with Crippen LogP contribution in [0, 0.1) is 11.8 Å². The van der Waals surface area contributed by atoms with E-state index in [9.17, 15) is 14.4 Å². The molecule has 2 saturated heterocycles. The molecule has 0 spiro atoms. The van der Waals surface area contributed by atoms with Crippen molar-refractivity contribution in [2.75, 3.05) is 26.7 Å². The van der Waals surface area contributed by atoms with Crippen LogP contribution < -0.4 is 0 Å². The molecule has 0 radical (unpaired) electrons. The van der Waals surface area contributed by atoms with Crippen LogP contribution in [0.4, 0.5) is 0 Å². The Hall–Kier alpha value is -2.31. The SMILES string of the molecule is COC(=O)C1CCN(C(=O)C2CC(=O)N(Cc3ccco3)C2)CC1. The van der Waals surface area contributed by atoms with Crippen molar-refractivity contribution in [3.63, 3.8) is 0 Å². The van der Waals surface area contributed by atoms with Crippen LogP contribution in [0.5, 0.6) is 0 Å². The predicted octanol–water partition coefficient (Wildman–Crippen LogP) is 1.04. The molecule has 2 fully saturated rings. The van der Waals surface area contributed by atoms with Crippen molar-refractivity contribution in [1.82, 2.24) is 9.80 Å². The highest BCUT2D eigenvalue weighted by molar-refractivity contribution is 5.89. The highest BCUT2D eigenvalue weighted by atomic mass is 16.5. The molecule has 3 rings (SSSR count). The lowest BCUT2D eigenvalue weighted by Gasteiger charge is -2.32. The van der Waals surface area contributed by atoms with E-state index < -0.39 is 0 Å². The van der Waals surface area contributed by atoms with Gasteiger partial charge in [-0.05, 0) is 25.0 Å². The third kappa shape index (κ3) is 3.44. The number of esters is 1. The van der Waals surface area contributed by atoms with Gasteiger partial charge < -0.3 is 19.0 Å². The van der Waals surface area contributed by atoms with Gasteiger partial charge in [0.1, 0.15) is 5.76 Å². The van der Waals surface area contributed by atoms with Gasteiger partial charge in [-0.1, -0.05) is 0 Å². The maximum Gasteiger partial charge on any atom is 0.308 e. The van der Waals surface area contributed by atoms with Gasteiger partial charge in [0.25, 0.3) is 0 Å². The number of rotatable bonds is 4. The quantitative estimate of drug-likeness (QED) is 0.769. The average molecular weight is 334 g/mol. The van der Waals surface area contributed by atoms with Crippen LogP contribution in [-0.2, 0) is 25.7 Å². The summed E-state index contributed by atoms with van der Waals surface area (Å²) in [6.07, 6.45) is 3.06. The Balaban J connectivity index is 1.53. The summed E-state index contributed by atoms with van der Waals surface area (Å²) in [5, 5.41) is 0. The van der Waals surface area contributed by atoms with E-state index in [1.165, 1.54) is 7.11 Å². The van der Waals surface area contributed by atoms with E-state index in [0.29, 0.717) is 39.0 Å². The predicted molar refractivity (Wildman–Crippen MR) is 83.6 cm³/mol. The zero-order chi connectivity index (χ0) is 17.1. The van der Waals surface area contributed by atoms with Crippen LogP contribution >= 0.6 is 0 Å². The minimum Gasteiger partial charge on any atom is -0.469 e. The Morgan fingerprint density at radius 3 is 2.67 bits per heavy atom. The Morgan fingerprint density at radius 2 is 2.04 bits per heavy atom. The molecule has 24 heavy (non-hydrogen) atoms. The Labute approximate surface area is 140 Å². The van der Waals surface area contributed by atoms with Gasteiger partial charge in [0, 0.05) is 26.1 Å². The van der Waals surface area contributed by atoms with Crippen LogP contribution in [0.25, 0.3) is 0 Å². The molecule has 1 aromatic heterocycles. The summed E-state index contributed by atoms with van der Waals surface area (Å²) in [7, 11) is 1.39. The molecule has 2 aliphatic rings. The van der Waals surface area contributed by atoms with Crippen molar-refractivity contribution in [3.05, 3.63) is 24.2 Å². The van der Waals surface area contributed by atoms with Gasteiger partial charge in [-0.25, -0.2) is 0 Å². The summed E-state index contributed by atoms with van der Waals surface area (Å²) in [5.74, 6) is 0.0720. The van der Waals surface area contributed by atoms with E-state index in [1.54, 1.807) is 22.1 Å². The molecule has 3 heterocycles. The van der Waals surface area contributed by atoms with Crippen molar-refractivity contribution in [2.45, 2.75) is 25.8 Å². The van der Waals surface area contributed by atoms with Gasteiger partial charge in [-0.3, -0.25) is 14.4 Å². The average Bonchev–Trinajstić information content (AvgIpc) is 3.24. The summed E-state index contributed by atoms with van der Waals surface area (Å²) < 4.78 is 10.0. The Bertz CT molecular complexity index is 605. The highest BCUT2D eigenvalue weighted by Crippen LogP contribution is 2.25. The summed E-state index contributed by atoms with van der Waals surface area (Å²) in [5.41, 5.74) is 0. The minimum atomic E-state index is -0.304. The molecule has 0 bridgehead atoms. The first-order chi connectivity index (χ1) is 11.6. The lowest BCUT2D eigenvalue weighted by Crippen LogP contribution is -2.43. The van der Waals surface area contributed by atoms with E-state index in [4.69, 9.17) is 9.15 Å². The third-order valence-electron chi connectivity index (χ3n) is 4.83. The van der Waals surface area contributed by atoms with Crippen molar-refractivity contribution in [3.8, 4) is 0 Å².